The van der Waals surface area contributed by atoms with Crippen molar-refractivity contribution in [2.45, 2.75) is 13.5 Å². The number of anilines is 1. The fourth-order valence-corrected chi connectivity index (χ4v) is 2.17. The van der Waals surface area contributed by atoms with E-state index >= 15 is 0 Å². The van der Waals surface area contributed by atoms with Gasteiger partial charge < -0.3 is 10.6 Å². The summed E-state index contributed by atoms with van der Waals surface area (Å²) in [4.78, 5) is 24.2. The van der Waals surface area contributed by atoms with Gasteiger partial charge in [0.05, 0.1) is 4.92 Å². The molecule has 2 aromatic rings. The number of benzene rings is 2. The van der Waals surface area contributed by atoms with Crippen molar-refractivity contribution in [2.75, 3.05) is 12.8 Å². The molecule has 0 bridgehead atoms. The molecule has 0 aliphatic heterocycles. The van der Waals surface area contributed by atoms with Crippen molar-refractivity contribution in [1.29, 1.82) is 0 Å². The molecule has 0 saturated carbocycles. The molecule has 114 valence electrons. The van der Waals surface area contributed by atoms with Gasteiger partial charge in [0, 0.05) is 25.2 Å². The van der Waals surface area contributed by atoms with Crippen LogP contribution in [0.15, 0.2) is 42.5 Å². The third kappa shape index (κ3) is 3.22. The summed E-state index contributed by atoms with van der Waals surface area (Å²) in [6, 6.07) is 11.9. The van der Waals surface area contributed by atoms with E-state index in [-0.39, 0.29) is 22.8 Å². The molecule has 22 heavy (non-hydrogen) atoms. The van der Waals surface area contributed by atoms with Crippen LogP contribution in [0.3, 0.4) is 0 Å². The molecule has 0 saturated heterocycles. The third-order valence-electron chi connectivity index (χ3n) is 3.49. The Morgan fingerprint density at radius 2 is 1.95 bits per heavy atom. The number of rotatable bonds is 4. The van der Waals surface area contributed by atoms with Gasteiger partial charge >= 0.3 is 0 Å². The van der Waals surface area contributed by atoms with Gasteiger partial charge in [0.15, 0.2) is 0 Å². The highest BCUT2D eigenvalue weighted by Crippen LogP contribution is 2.23. The Bertz CT molecular complexity index is 728. The van der Waals surface area contributed by atoms with Crippen LogP contribution in [0.25, 0.3) is 0 Å². The lowest BCUT2D eigenvalue weighted by atomic mass is 10.1. The summed E-state index contributed by atoms with van der Waals surface area (Å²) in [5.74, 6) is -0.286. The van der Waals surface area contributed by atoms with Gasteiger partial charge in [-0.15, -0.1) is 0 Å². The third-order valence-corrected chi connectivity index (χ3v) is 3.49. The molecule has 2 aromatic carbocycles. The van der Waals surface area contributed by atoms with Crippen molar-refractivity contribution >= 4 is 17.3 Å². The van der Waals surface area contributed by atoms with Gasteiger partial charge in [-0.1, -0.05) is 24.3 Å². The molecule has 2 rings (SSSR count). The molecule has 0 spiro atoms. The molecule has 0 aliphatic rings. The van der Waals surface area contributed by atoms with Crippen molar-refractivity contribution in [2.24, 2.45) is 0 Å². The van der Waals surface area contributed by atoms with Gasteiger partial charge in [0.25, 0.3) is 11.6 Å². The maximum Gasteiger partial charge on any atom is 0.292 e. The van der Waals surface area contributed by atoms with Crippen LogP contribution in [-0.2, 0) is 6.54 Å². The second kappa shape index (κ2) is 6.26. The molecule has 6 nitrogen and oxygen atoms in total. The normalized spacial score (nSPS) is 10.3. The Kier molecular flexibility index (Phi) is 4.41. The lowest BCUT2D eigenvalue weighted by molar-refractivity contribution is -0.383. The van der Waals surface area contributed by atoms with Crippen molar-refractivity contribution < 1.29 is 9.72 Å². The van der Waals surface area contributed by atoms with Crippen molar-refractivity contribution in [3.05, 3.63) is 69.3 Å². The lowest BCUT2D eigenvalue weighted by Gasteiger charge is -2.18. The quantitative estimate of drug-likeness (QED) is 0.534. The fourth-order valence-electron chi connectivity index (χ4n) is 2.17. The van der Waals surface area contributed by atoms with Crippen LogP contribution in [0.5, 0.6) is 0 Å². The molecule has 1 amide bonds. The number of carbonyl (C=O) groups is 1. The average Bonchev–Trinajstić information content (AvgIpc) is 2.49. The Balaban J connectivity index is 2.23. The van der Waals surface area contributed by atoms with Gasteiger partial charge in [0.2, 0.25) is 0 Å². The molecular formula is C16H17N3O3. The molecule has 0 aromatic heterocycles. The SMILES string of the molecule is Cc1ccccc1CN(C)C(=O)c1ccc(N)c([N+](=O)[O-])c1. The first-order chi connectivity index (χ1) is 10.4. The molecule has 0 fully saturated rings. The van der Waals surface area contributed by atoms with Crippen LogP contribution < -0.4 is 5.73 Å². The number of nitro groups is 1. The van der Waals surface area contributed by atoms with E-state index in [1.54, 1.807) is 7.05 Å². The smallest absolute Gasteiger partial charge is 0.292 e. The largest absolute Gasteiger partial charge is 0.393 e. The van der Waals surface area contributed by atoms with Crippen LogP contribution in [-0.4, -0.2) is 22.8 Å². The van der Waals surface area contributed by atoms with Crippen LogP contribution in [0, 0.1) is 17.0 Å². The van der Waals surface area contributed by atoms with E-state index in [9.17, 15) is 14.9 Å². The summed E-state index contributed by atoms with van der Waals surface area (Å²) in [6.45, 7) is 2.41. The van der Waals surface area contributed by atoms with Gasteiger partial charge in [-0.2, -0.15) is 0 Å². The number of carbonyl (C=O) groups excluding carboxylic acids is 1. The first-order valence-electron chi connectivity index (χ1n) is 6.74. The predicted octanol–water partition coefficient (Wildman–Crippen LogP) is 2.76. The standard InChI is InChI=1S/C16H17N3O3/c1-11-5-3-4-6-13(11)10-18(2)16(20)12-7-8-14(17)15(9-12)19(21)22/h3-9H,10,17H2,1-2H3. The monoisotopic (exact) mass is 299 g/mol. The van der Waals surface area contributed by atoms with Crippen molar-refractivity contribution in [3.63, 3.8) is 0 Å². The van der Waals surface area contributed by atoms with Crippen LogP contribution >= 0.6 is 0 Å². The highest BCUT2D eigenvalue weighted by molar-refractivity contribution is 5.95. The van der Waals surface area contributed by atoms with E-state index in [2.05, 4.69) is 0 Å². The molecular weight excluding hydrogens is 282 g/mol. The first-order valence-corrected chi connectivity index (χ1v) is 6.74. The second-order valence-electron chi connectivity index (χ2n) is 5.12. The number of amides is 1. The number of nitrogens with two attached hydrogens (primary N) is 1. The van der Waals surface area contributed by atoms with E-state index in [0.29, 0.717) is 6.54 Å². The first kappa shape index (κ1) is 15.5. The minimum Gasteiger partial charge on any atom is -0.393 e. The highest BCUT2D eigenvalue weighted by Gasteiger charge is 2.18. The fraction of sp³-hybridized carbons (Fsp3) is 0.188. The molecule has 6 heteroatoms. The molecule has 0 radical (unpaired) electrons. The second-order valence-corrected chi connectivity index (χ2v) is 5.12. The van der Waals surface area contributed by atoms with Gasteiger partial charge in [-0.25, -0.2) is 0 Å². The van der Waals surface area contributed by atoms with Gasteiger partial charge in [-0.05, 0) is 30.2 Å². The summed E-state index contributed by atoms with van der Waals surface area (Å²) >= 11 is 0. The lowest BCUT2D eigenvalue weighted by Crippen LogP contribution is -2.26. The average molecular weight is 299 g/mol. The topological polar surface area (TPSA) is 89.5 Å². The predicted molar refractivity (Wildman–Crippen MR) is 84.5 cm³/mol. The summed E-state index contributed by atoms with van der Waals surface area (Å²) in [5, 5.41) is 10.9. The minimum absolute atomic E-state index is 0.0445. The van der Waals surface area contributed by atoms with E-state index < -0.39 is 4.92 Å². The summed E-state index contributed by atoms with van der Waals surface area (Å²) < 4.78 is 0. The number of nitrogens with zero attached hydrogens (tertiary/aromatic N) is 2. The number of hydrogen-bond acceptors (Lipinski definition) is 4. The summed E-state index contributed by atoms with van der Waals surface area (Å²) in [7, 11) is 1.66. The Labute approximate surface area is 128 Å². The number of nitrogen functional groups attached to an aromatic ring is 1. The maximum absolute atomic E-state index is 12.4. The van der Waals surface area contributed by atoms with Gasteiger partial charge in [-0.3, -0.25) is 14.9 Å². The van der Waals surface area contributed by atoms with Crippen molar-refractivity contribution in [3.8, 4) is 0 Å². The van der Waals surface area contributed by atoms with E-state index in [1.807, 2.05) is 31.2 Å². The van der Waals surface area contributed by atoms with E-state index in [0.717, 1.165) is 11.1 Å². The molecule has 0 unspecified atom stereocenters. The Hall–Kier alpha value is -2.89. The zero-order valence-electron chi connectivity index (χ0n) is 12.4. The molecule has 0 heterocycles. The number of nitro benzene ring substituents is 1. The Morgan fingerprint density at radius 1 is 1.27 bits per heavy atom. The zero-order chi connectivity index (χ0) is 16.3. The van der Waals surface area contributed by atoms with Crippen LogP contribution in [0.1, 0.15) is 21.5 Å². The number of aryl methyl sites for hydroxylation is 1. The van der Waals surface area contributed by atoms with Crippen molar-refractivity contribution in [1.82, 2.24) is 4.90 Å². The van der Waals surface area contributed by atoms with Crippen LogP contribution in [0.4, 0.5) is 11.4 Å². The molecule has 0 aliphatic carbocycles. The zero-order valence-corrected chi connectivity index (χ0v) is 12.4. The van der Waals surface area contributed by atoms with E-state index in [4.69, 9.17) is 5.73 Å². The minimum atomic E-state index is -0.590. The van der Waals surface area contributed by atoms with Gasteiger partial charge in [0.1, 0.15) is 5.69 Å². The van der Waals surface area contributed by atoms with E-state index in [1.165, 1.54) is 23.1 Å². The maximum atomic E-state index is 12.4. The highest BCUT2D eigenvalue weighted by atomic mass is 16.6. The van der Waals surface area contributed by atoms with Crippen LogP contribution in [0.2, 0.25) is 0 Å². The summed E-state index contributed by atoms with van der Waals surface area (Å²) in [5.41, 5.74) is 7.70. The Morgan fingerprint density at radius 3 is 2.59 bits per heavy atom. The molecule has 2 N–H and O–H groups in total. The molecule has 0 atom stereocenters. The number of hydrogen-bond donors (Lipinski definition) is 1. The summed E-state index contributed by atoms with van der Waals surface area (Å²) in [6.07, 6.45) is 0.